The first-order chi connectivity index (χ1) is 13.9. The van der Waals surface area contributed by atoms with Crippen LogP contribution in [-0.2, 0) is 19.1 Å². The molecule has 1 aliphatic heterocycles. The zero-order valence-corrected chi connectivity index (χ0v) is 16.8. The van der Waals surface area contributed by atoms with Crippen molar-refractivity contribution in [2.75, 3.05) is 24.6 Å². The van der Waals surface area contributed by atoms with Crippen LogP contribution in [0.3, 0.4) is 0 Å². The first-order valence-electron chi connectivity index (χ1n) is 9.61. The Kier molecular flexibility index (Phi) is 7.94. The largest absolute Gasteiger partial charge is 0.455 e. The molecule has 0 unspecified atom stereocenters. The van der Waals surface area contributed by atoms with Crippen molar-refractivity contribution < 1.29 is 23.9 Å². The number of hydrogen-bond donors (Lipinski definition) is 2. The molecular formula is C21H27N3O5. The minimum absolute atomic E-state index is 0.0229. The Morgan fingerprint density at radius 3 is 2.76 bits per heavy atom. The Hall–Kier alpha value is -3.16. The van der Waals surface area contributed by atoms with Gasteiger partial charge in [-0.2, -0.15) is 0 Å². The zero-order valence-electron chi connectivity index (χ0n) is 16.8. The highest BCUT2D eigenvalue weighted by Gasteiger charge is 2.37. The number of nitrogens with one attached hydrogen (secondary N) is 2. The smallest absolute Gasteiger partial charge is 0.321 e. The molecule has 2 atom stereocenters. The third-order valence-electron chi connectivity index (χ3n) is 4.83. The van der Waals surface area contributed by atoms with Gasteiger partial charge in [-0.25, -0.2) is 4.79 Å². The summed E-state index contributed by atoms with van der Waals surface area (Å²) in [6.45, 7) is 7.43. The fourth-order valence-corrected chi connectivity index (χ4v) is 3.09. The highest BCUT2D eigenvalue weighted by atomic mass is 16.5. The molecule has 1 aromatic rings. The van der Waals surface area contributed by atoms with Crippen molar-refractivity contribution in [3.63, 3.8) is 0 Å². The number of esters is 1. The lowest BCUT2D eigenvalue weighted by Gasteiger charge is -2.23. The predicted molar refractivity (Wildman–Crippen MR) is 108 cm³/mol. The Bertz CT molecular complexity index is 792. The van der Waals surface area contributed by atoms with Gasteiger partial charge in [-0.15, -0.1) is 6.58 Å². The topological polar surface area (TPSA) is 105 Å². The fraction of sp³-hybridized carbons (Fsp3) is 0.429. The normalized spacial score (nSPS) is 16.8. The number of carbonyl (C=O) groups excluding carboxylic acids is 4. The Morgan fingerprint density at radius 2 is 2.07 bits per heavy atom. The summed E-state index contributed by atoms with van der Waals surface area (Å²) in [7, 11) is 0. The van der Waals surface area contributed by atoms with Gasteiger partial charge in [0.05, 0.1) is 5.92 Å². The van der Waals surface area contributed by atoms with E-state index in [9.17, 15) is 19.2 Å². The van der Waals surface area contributed by atoms with E-state index in [0.717, 1.165) is 17.7 Å². The molecule has 2 N–H and O–H groups in total. The third-order valence-corrected chi connectivity index (χ3v) is 4.83. The molecule has 0 aromatic heterocycles. The van der Waals surface area contributed by atoms with Crippen molar-refractivity contribution >= 4 is 29.5 Å². The molecule has 156 valence electrons. The van der Waals surface area contributed by atoms with E-state index in [0.29, 0.717) is 0 Å². The second-order valence-electron chi connectivity index (χ2n) is 6.93. The number of amides is 4. The first kappa shape index (κ1) is 22.1. The number of nitrogens with zero attached hydrogens (tertiary/aromatic N) is 1. The van der Waals surface area contributed by atoms with Gasteiger partial charge in [0, 0.05) is 25.2 Å². The SMILES string of the molecule is C=CCNC(=O)NC(=O)COC(=O)[C@H]1CC(=O)N(c2ccccc2[C@H](C)CC)C1. The van der Waals surface area contributed by atoms with Gasteiger partial charge >= 0.3 is 12.0 Å². The lowest BCUT2D eigenvalue weighted by Crippen LogP contribution is -2.41. The highest BCUT2D eigenvalue weighted by molar-refractivity contribution is 6.00. The lowest BCUT2D eigenvalue weighted by atomic mass is 9.96. The van der Waals surface area contributed by atoms with E-state index in [1.165, 1.54) is 6.08 Å². The second-order valence-corrected chi connectivity index (χ2v) is 6.93. The number of urea groups is 1. The van der Waals surface area contributed by atoms with Gasteiger partial charge in [-0.3, -0.25) is 19.7 Å². The molecule has 0 spiro atoms. The third kappa shape index (κ3) is 5.91. The fourth-order valence-electron chi connectivity index (χ4n) is 3.09. The molecular weight excluding hydrogens is 374 g/mol. The van der Waals surface area contributed by atoms with Crippen LogP contribution in [0.15, 0.2) is 36.9 Å². The summed E-state index contributed by atoms with van der Waals surface area (Å²) >= 11 is 0. The molecule has 0 radical (unpaired) electrons. The van der Waals surface area contributed by atoms with Crippen LogP contribution in [-0.4, -0.2) is 43.5 Å². The molecule has 0 aliphatic carbocycles. The van der Waals surface area contributed by atoms with Crippen LogP contribution in [0, 0.1) is 5.92 Å². The number of ether oxygens (including phenoxy) is 1. The molecule has 8 nitrogen and oxygen atoms in total. The maximum absolute atomic E-state index is 12.5. The molecule has 0 bridgehead atoms. The molecule has 0 saturated carbocycles. The summed E-state index contributed by atoms with van der Waals surface area (Å²) in [6.07, 6.45) is 2.42. The van der Waals surface area contributed by atoms with E-state index < -0.39 is 30.4 Å². The van der Waals surface area contributed by atoms with Crippen LogP contribution < -0.4 is 15.5 Å². The molecule has 2 rings (SSSR count). The Balaban J connectivity index is 1.93. The van der Waals surface area contributed by atoms with E-state index >= 15 is 0 Å². The Morgan fingerprint density at radius 1 is 1.34 bits per heavy atom. The second kappa shape index (κ2) is 10.4. The van der Waals surface area contributed by atoms with Crippen molar-refractivity contribution in [1.29, 1.82) is 0 Å². The van der Waals surface area contributed by atoms with Crippen LogP contribution in [0.1, 0.15) is 38.2 Å². The molecule has 1 saturated heterocycles. The van der Waals surface area contributed by atoms with Gasteiger partial charge in [0.15, 0.2) is 6.61 Å². The van der Waals surface area contributed by atoms with Crippen LogP contribution in [0.4, 0.5) is 10.5 Å². The summed E-state index contributed by atoms with van der Waals surface area (Å²) in [5, 5.41) is 4.41. The molecule has 1 aromatic carbocycles. The number of benzene rings is 1. The molecule has 1 aliphatic rings. The molecule has 29 heavy (non-hydrogen) atoms. The monoisotopic (exact) mass is 401 g/mol. The maximum atomic E-state index is 12.5. The van der Waals surface area contributed by atoms with E-state index in [1.54, 1.807) is 4.90 Å². The number of anilines is 1. The van der Waals surface area contributed by atoms with E-state index in [2.05, 4.69) is 25.7 Å². The van der Waals surface area contributed by atoms with Crippen LogP contribution in [0.5, 0.6) is 0 Å². The maximum Gasteiger partial charge on any atom is 0.321 e. The van der Waals surface area contributed by atoms with Gasteiger partial charge < -0.3 is 15.0 Å². The minimum atomic E-state index is -0.747. The quantitative estimate of drug-likeness (QED) is 0.513. The number of carbonyl (C=O) groups is 4. The summed E-state index contributed by atoms with van der Waals surface area (Å²) < 4.78 is 4.99. The van der Waals surface area contributed by atoms with Crippen LogP contribution in [0.25, 0.3) is 0 Å². The summed E-state index contributed by atoms with van der Waals surface area (Å²) in [4.78, 5) is 49.5. The zero-order chi connectivity index (χ0) is 21.4. The minimum Gasteiger partial charge on any atom is -0.455 e. The predicted octanol–water partition coefficient (Wildman–Crippen LogP) is 2.11. The van der Waals surface area contributed by atoms with Gasteiger partial charge in [0.1, 0.15) is 0 Å². The summed E-state index contributed by atoms with van der Waals surface area (Å²) in [5.74, 6) is -1.92. The van der Waals surface area contributed by atoms with Gasteiger partial charge in [-0.05, 0) is 24.0 Å². The summed E-state index contributed by atoms with van der Waals surface area (Å²) in [5.41, 5.74) is 1.86. The van der Waals surface area contributed by atoms with Crippen molar-refractivity contribution in [3.8, 4) is 0 Å². The Labute approximate surface area is 170 Å². The van der Waals surface area contributed by atoms with Crippen LogP contribution >= 0.6 is 0 Å². The standard InChI is InChI=1S/C21H27N3O5/c1-4-10-22-21(28)23-18(25)13-29-20(27)15-11-19(26)24(12-15)17-9-7-6-8-16(17)14(3)5-2/h4,6-9,14-15H,1,5,10-13H2,2-3H3,(H2,22,23,25,28)/t14-,15+/m1/s1. The van der Waals surface area contributed by atoms with Crippen molar-refractivity contribution in [1.82, 2.24) is 10.6 Å². The molecule has 1 fully saturated rings. The number of hydrogen-bond acceptors (Lipinski definition) is 5. The number of imide groups is 1. The van der Waals surface area contributed by atoms with Crippen molar-refractivity contribution in [2.45, 2.75) is 32.6 Å². The average molecular weight is 401 g/mol. The van der Waals surface area contributed by atoms with E-state index in [1.807, 2.05) is 29.6 Å². The molecule has 1 heterocycles. The molecule has 4 amide bonds. The average Bonchev–Trinajstić information content (AvgIpc) is 3.11. The molecule has 8 heteroatoms. The van der Waals surface area contributed by atoms with Gasteiger partial charge in [0.25, 0.3) is 5.91 Å². The van der Waals surface area contributed by atoms with E-state index in [4.69, 9.17) is 4.74 Å². The first-order valence-corrected chi connectivity index (χ1v) is 9.61. The van der Waals surface area contributed by atoms with E-state index in [-0.39, 0.29) is 31.3 Å². The van der Waals surface area contributed by atoms with Gasteiger partial charge in [0.2, 0.25) is 5.91 Å². The highest BCUT2D eigenvalue weighted by Crippen LogP contribution is 2.33. The lowest BCUT2D eigenvalue weighted by molar-refractivity contribution is -0.152. The number of para-hydroxylation sites is 1. The van der Waals surface area contributed by atoms with Crippen molar-refractivity contribution in [2.24, 2.45) is 5.92 Å². The summed E-state index contributed by atoms with van der Waals surface area (Å²) in [6, 6.07) is 6.96. The van der Waals surface area contributed by atoms with Crippen molar-refractivity contribution in [3.05, 3.63) is 42.5 Å². The van der Waals surface area contributed by atoms with Crippen LogP contribution in [0.2, 0.25) is 0 Å². The van der Waals surface area contributed by atoms with Gasteiger partial charge in [-0.1, -0.05) is 38.1 Å². The number of rotatable bonds is 8.